The number of thioether (sulfide) groups is 1. The molecule has 2 aliphatic heterocycles. The fourth-order valence-corrected chi connectivity index (χ4v) is 5.65. The summed E-state index contributed by atoms with van der Waals surface area (Å²) in [7, 11) is 0. The van der Waals surface area contributed by atoms with Crippen LogP contribution in [-0.4, -0.2) is 47.8 Å². The van der Waals surface area contributed by atoms with Gasteiger partial charge >= 0.3 is 0 Å². The van der Waals surface area contributed by atoms with Crippen molar-refractivity contribution in [3.8, 4) is 0 Å². The van der Waals surface area contributed by atoms with Crippen LogP contribution in [0.15, 0.2) is 65.6 Å². The molecule has 1 atom stereocenters. The van der Waals surface area contributed by atoms with Crippen molar-refractivity contribution in [2.24, 2.45) is 11.8 Å². The van der Waals surface area contributed by atoms with E-state index in [-0.39, 0.29) is 17.1 Å². The smallest absolute Gasteiger partial charge is 0.240 e. The van der Waals surface area contributed by atoms with E-state index in [9.17, 15) is 9.59 Å². The van der Waals surface area contributed by atoms with Crippen LogP contribution >= 0.6 is 11.8 Å². The summed E-state index contributed by atoms with van der Waals surface area (Å²) < 4.78 is 0. The Morgan fingerprint density at radius 1 is 0.806 bits per heavy atom. The summed E-state index contributed by atoms with van der Waals surface area (Å²) in [6, 6.07) is 20.2. The number of amides is 2. The fraction of sp³-hybridized carbons (Fsp3) is 0.462. The van der Waals surface area contributed by atoms with Crippen LogP contribution in [0.3, 0.4) is 0 Å². The Morgan fingerprint density at radius 2 is 1.35 bits per heavy atom. The average Bonchev–Trinajstić information content (AvgIpc) is 2.83. The largest absolute Gasteiger partial charge is 0.342 e. The van der Waals surface area contributed by atoms with Gasteiger partial charge in [0.2, 0.25) is 11.8 Å². The molecule has 0 N–H and O–H groups in total. The number of benzene rings is 2. The third kappa shape index (κ3) is 5.51. The van der Waals surface area contributed by atoms with Gasteiger partial charge in [-0.05, 0) is 49.3 Å². The number of piperidine rings is 2. The maximum atomic E-state index is 13.5. The van der Waals surface area contributed by atoms with Crippen LogP contribution in [0.5, 0.6) is 0 Å². The first kappa shape index (κ1) is 21.9. The van der Waals surface area contributed by atoms with E-state index in [1.807, 2.05) is 53.4 Å². The summed E-state index contributed by atoms with van der Waals surface area (Å²) >= 11 is 1.61. The number of likely N-dealkylation sites (tertiary alicyclic amines) is 2. The van der Waals surface area contributed by atoms with E-state index < -0.39 is 0 Å². The molecule has 2 aliphatic rings. The molecule has 31 heavy (non-hydrogen) atoms. The molecule has 5 heteroatoms. The molecule has 4 nitrogen and oxygen atoms in total. The maximum absolute atomic E-state index is 13.5. The molecule has 0 radical (unpaired) electrons. The van der Waals surface area contributed by atoms with Gasteiger partial charge in [-0.3, -0.25) is 9.59 Å². The van der Waals surface area contributed by atoms with Crippen molar-refractivity contribution in [1.82, 2.24) is 9.80 Å². The van der Waals surface area contributed by atoms with Gasteiger partial charge in [0.15, 0.2) is 0 Å². The van der Waals surface area contributed by atoms with Crippen LogP contribution in [0.4, 0.5) is 0 Å². The lowest BCUT2D eigenvalue weighted by Gasteiger charge is -2.37. The van der Waals surface area contributed by atoms with Gasteiger partial charge in [0.05, 0.1) is 0 Å². The number of rotatable bonds is 5. The third-order valence-corrected chi connectivity index (χ3v) is 7.83. The van der Waals surface area contributed by atoms with Crippen molar-refractivity contribution < 1.29 is 9.59 Å². The van der Waals surface area contributed by atoms with Gasteiger partial charge in [0, 0.05) is 37.0 Å². The second-order valence-electron chi connectivity index (χ2n) is 8.83. The summed E-state index contributed by atoms with van der Waals surface area (Å²) in [5.41, 5.74) is 1.03. The van der Waals surface area contributed by atoms with E-state index in [0.717, 1.165) is 55.1 Å². The van der Waals surface area contributed by atoms with Crippen molar-refractivity contribution in [3.05, 3.63) is 66.2 Å². The Balaban J connectivity index is 1.40. The molecule has 1 unspecified atom stereocenters. The van der Waals surface area contributed by atoms with E-state index in [2.05, 4.69) is 24.0 Å². The van der Waals surface area contributed by atoms with Crippen LogP contribution in [0.2, 0.25) is 0 Å². The molecule has 2 aromatic carbocycles. The monoisotopic (exact) mass is 436 g/mol. The second kappa shape index (κ2) is 10.4. The summed E-state index contributed by atoms with van der Waals surface area (Å²) in [5.74, 6) is 1.24. The minimum absolute atomic E-state index is 0.0643. The van der Waals surface area contributed by atoms with Gasteiger partial charge in [0.1, 0.15) is 5.25 Å². The Labute approximate surface area is 190 Å². The van der Waals surface area contributed by atoms with Gasteiger partial charge in [-0.15, -0.1) is 11.8 Å². The summed E-state index contributed by atoms with van der Waals surface area (Å²) in [6.45, 7) is 5.38. The van der Waals surface area contributed by atoms with Crippen molar-refractivity contribution in [2.75, 3.05) is 26.2 Å². The van der Waals surface area contributed by atoms with Gasteiger partial charge in [-0.2, -0.15) is 0 Å². The van der Waals surface area contributed by atoms with Gasteiger partial charge in [-0.25, -0.2) is 0 Å². The van der Waals surface area contributed by atoms with Gasteiger partial charge in [-0.1, -0.05) is 55.5 Å². The molecule has 2 fully saturated rings. The molecule has 2 heterocycles. The van der Waals surface area contributed by atoms with Crippen molar-refractivity contribution in [2.45, 2.75) is 42.8 Å². The van der Waals surface area contributed by atoms with E-state index in [4.69, 9.17) is 0 Å². The summed E-state index contributed by atoms with van der Waals surface area (Å²) in [5, 5.41) is -0.264. The summed E-state index contributed by atoms with van der Waals surface area (Å²) in [4.78, 5) is 31.6. The number of nitrogens with zero attached hydrogens (tertiary/aromatic N) is 2. The fourth-order valence-electron chi connectivity index (χ4n) is 4.52. The Kier molecular flexibility index (Phi) is 7.33. The van der Waals surface area contributed by atoms with Crippen molar-refractivity contribution in [1.29, 1.82) is 0 Å². The minimum Gasteiger partial charge on any atom is -0.342 e. The van der Waals surface area contributed by atoms with Crippen LogP contribution in [0.25, 0.3) is 0 Å². The molecule has 2 aromatic rings. The Morgan fingerprint density at radius 3 is 1.97 bits per heavy atom. The first-order valence-corrected chi connectivity index (χ1v) is 12.3. The SMILES string of the molecule is CC1CCN(C(=O)C2CCN(C(=O)C(Sc3ccccc3)c3ccccc3)CC2)CC1. The maximum Gasteiger partial charge on any atom is 0.240 e. The molecule has 2 saturated heterocycles. The van der Waals surface area contributed by atoms with E-state index >= 15 is 0 Å². The third-order valence-electron chi connectivity index (χ3n) is 6.57. The van der Waals surface area contributed by atoms with Gasteiger partial charge in [0.25, 0.3) is 0 Å². The molecular formula is C26H32N2O2S. The van der Waals surface area contributed by atoms with Crippen LogP contribution in [-0.2, 0) is 9.59 Å². The van der Waals surface area contributed by atoms with E-state index in [0.29, 0.717) is 19.0 Å². The topological polar surface area (TPSA) is 40.6 Å². The van der Waals surface area contributed by atoms with Gasteiger partial charge < -0.3 is 9.80 Å². The summed E-state index contributed by atoms with van der Waals surface area (Å²) in [6.07, 6.45) is 3.76. The molecule has 4 rings (SSSR count). The standard InChI is InChI=1S/C26H32N2O2S/c1-20-12-16-27(17-13-20)25(29)22-14-18-28(19-15-22)26(30)24(21-8-4-2-5-9-21)31-23-10-6-3-7-11-23/h2-11,20,22,24H,12-19H2,1H3. The minimum atomic E-state index is -0.264. The molecule has 2 amide bonds. The highest BCUT2D eigenvalue weighted by Gasteiger charge is 2.34. The zero-order valence-electron chi connectivity index (χ0n) is 18.3. The number of hydrogen-bond donors (Lipinski definition) is 0. The highest BCUT2D eigenvalue weighted by molar-refractivity contribution is 8.00. The highest BCUT2D eigenvalue weighted by Crippen LogP contribution is 2.37. The molecule has 0 aliphatic carbocycles. The molecule has 0 aromatic heterocycles. The predicted molar refractivity (Wildman–Crippen MR) is 126 cm³/mol. The van der Waals surface area contributed by atoms with Crippen molar-refractivity contribution >= 4 is 23.6 Å². The van der Waals surface area contributed by atoms with Crippen LogP contribution in [0, 0.1) is 11.8 Å². The predicted octanol–water partition coefficient (Wildman–Crippen LogP) is 5.02. The first-order valence-electron chi connectivity index (χ1n) is 11.5. The zero-order valence-corrected chi connectivity index (χ0v) is 19.1. The zero-order chi connectivity index (χ0) is 21.6. The second-order valence-corrected chi connectivity index (χ2v) is 10.0. The van der Waals surface area contributed by atoms with Crippen LogP contribution < -0.4 is 0 Å². The molecule has 0 saturated carbocycles. The Bertz CT molecular complexity index is 857. The highest BCUT2D eigenvalue weighted by atomic mass is 32.2. The lowest BCUT2D eigenvalue weighted by molar-refractivity contribution is -0.141. The number of hydrogen-bond acceptors (Lipinski definition) is 3. The Hall–Kier alpha value is -2.27. The number of carbonyl (C=O) groups is 2. The van der Waals surface area contributed by atoms with Crippen molar-refractivity contribution in [3.63, 3.8) is 0 Å². The quantitative estimate of drug-likeness (QED) is 0.618. The average molecular weight is 437 g/mol. The first-order chi connectivity index (χ1) is 15.1. The number of carbonyl (C=O) groups excluding carboxylic acids is 2. The molecule has 0 bridgehead atoms. The molecular weight excluding hydrogens is 404 g/mol. The molecule has 164 valence electrons. The van der Waals surface area contributed by atoms with E-state index in [1.165, 1.54) is 0 Å². The normalized spacial score (nSPS) is 19.3. The molecule has 0 spiro atoms. The van der Waals surface area contributed by atoms with E-state index in [1.54, 1.807) is 11.8 Å². The lowest BCUT2D eigenvalue weighted by Crippen LogP contribution is -2.47. The lowest BCUT2D eigenvalue weighted by atomic mass is 9.92. The van der Waals surface area contributed by atoms with Crippen LogP contribution in [0.1, 0.15) is 43.4 Å².